The van der Waals surface area contributed by atoms with Crippen molar-refractivity contribution in [3.63, 3.8) is 0 Å². The largest absolute Gasteiger partial charge is 0.447 e. The number of carbonyl (C=O) groups excluding carboxylic acids is 4. The summed E-state index contributed by atoms with van der Waals surface area (Å²) >= 11 is 5.04. The Bertz CT molecular complexity index is 1090. The summed E-state index contributed by atoms with van der Waals surface area (Å²) < 4.78 is 50.6. The topological polar surface area (TPSA) is 235 Å². The number of nitrogen functional groups attached to an aromatic ring is 1. The normalized spacial score (nSPS) is 10.8. The molecular formula is C31H50ClN5O14. The minimum atomic E-state index is -0.628. The van der Waals surface area contributed by atoms with Gasteiger partial charge >= 0.3 is 24.4 Å². The molecule has 0 bridgehead atoms. The molecule has 1 aromatic rings. The molecule has 0 heterocycles. The highest BCUT2D eigenvalue weighted by molar-refractivity contribution is 6.07. The fraction of sp³-hybridized carbons (Fsp3) is 0.613. The first-order valence-electron chi connectivity index (χ1n) is 16.1. The Kier molecular flexibility index (Phi) is 29.1. The monoisotopic (exact) mass is 751 g/mol. The van der Waals surface area contributed by atoms with Gasteiger partial charge in [0.2, 0.25) is 0 Å². The maximum absolute atomic E-state index is 11.7. The summed E-state index contributed by atoms with van der Waals surface area (Å²) in [7, 11) is 0. The van der Waals surface area contributed by atoms with E-state index in [1.165, 1.54) is 12.2 Å². The number of nitrogens with one attached hydrogen (secondary N) is 4. The van der Waals surface area contributed by atoms with Crippen molar-refractivity contribution in [1.29, 1.82) is 0 Å². The minimum absolute atomic E-state index is 0.00999. The van der Waals surface area contributed by atoms with E-state index >= 15 is 0 Å². The van der Waals surface area contributed by atoms with E-state index in [9.17, 15) is 19.2 Å². The van der Waals surface area contributed by atoms with Gasteiger partial charge in [-0.1, -0.05) is 12.1 Å². The van der Waals surface area contributed by atoms with Gasteiger partial charge < -0.3 is 69.6 Å². The molecule has 0 aromatic heterocycles. The number of carbonyl (C=O) groups is 4. The molecule has 0 radical (unpaired) electrons. The van der Waals surface area contributed by atoms with Gasteiger partial charge in [0.1, 0.15) is 26.4 Å². The summed E-state index contributed by atoms with van der Waals surface area (Å²) in [5.41, 5.74) is 7.17. The van der Waals surface area contributed by atoms with Crippen LogP contribution in [-0.4, -0.2) is 143 Å². The lowest BCUT2D eigenvalue weighted by atomic mass is 10.2. The van der Waals surface area contributed by atoms with Crippen molar-refractivity contribution in [3.05, 3.63) is 42.0 Å². The molecule has 290 valence electrons. The third-order valence-corrected chi connectivity index (χ3v) is 5.88. The van der Waals surface area contributed by atoms with Crippen molar-refractivity contribution in [2.24, 2.45) is 0 Å². The zero-order valence-corrected chi connectivity index (χ0v) is 29.3. The van der Waals surface area contributed by atoms with Crippen molar-refractivity contribution >= 4 is 41.9 Å². The molecule has 0 aliphatic carbocycles. The minimum Gasteiger partial charge on any atom is -0.447 e. The molecule has 1 rings (SSSR count). The average molecular weight is 752 g/mol. The predicted molar refractivity (Wildman–Crippen MR) is 182 cm³/mol. The molecule has 0 atom stereocenters. The predicted octanol–water partition coefficient (Wildman–Crippen LogP) is 1.48. The second-order valence-corrected chi connectivity index (χ2v) is 9.91. The molecule has 51 heavy (non-hydrogen) atoms. The highest BCUT2D eigenvalue weighted by atomic mass is 35.5. The molecule has 19 nitrogen and oxygen atoms in total. The van der Waals surface area contributed by atoms with Crippen LogP contribution in [0.3, 0.4) is 0 Å². The second-order valence-electron chi connectivity index (χ2n) is 9.69. The van der Waals surface area contributed by atoms with Crippen LogP contribution in [0.5, 0.6) is 0 Å². The summed E-state index contributed by atoms with van der Waals surface area (Å²) in [6.07, 6.45) is 0.689. The van der Waals surface area contributed by atoms with Crippen LogP contribution in [0.15, 0.2) is 36.4 Å². The molecule has 0 aliphatic rings. The molecule has 1 aromatic carbocycles. The molecule has 4 amide bonds. The molecule has 0 saturated heterocycles. The van der Waals surface area contributed by atoms with Gasteiger partial charge in [0.05, 0.1) is 84.5 Å². The van der Waals surface area contributed by atoms with Crippen LogP contribution < -0.4 is 27.0 Å². The maximum atomic E-state index is 11.7. The van der Waals surface area contributed by atoms with Gasteiger partial charge in [0.25, 0.3) is 0 Å². The molecule has 0 fully saturated rings. The van der Waals surface area contributed by atoms with E-state index in [-0.39, 0.29) is 79.2 Å². The lowest BCUT2D eigenvalue weighted by molar-refractivity contribution is 0.0283. The summed E-state index contributed by atoms with van der Waals surface area (Å²) in [6, 6.07) is 7.14. The highest BCUT2D eigenvalue weighted by Crippen LogP contribution is 2.04. The Morgan fingerprint density at radius 1 is 0.510 bits per heavy atom. The van der Waals surface area contributed by atoms with Crippen LogP contribution in [0, 0.1) is 0 Å². The van der Waals surface area contributed by atoms with Gasteiger partial charge in [-0.3, -0.25) is 4.29 Å². The van der Waals surface area contributed by atoms with Crippen LogP contribution in [0.4, 0.5) is 24.9 Å². The van der Waals surface area contributed by atoms with Crippen molar-refractivity contribution in [3.8, 4) is 0 Å². The standard InChI is InChI=1S/C31H50ClN5O14/c32-51-24-21-44-14-9-36-30(40)49-22-19-45-17-15-42-12-7-34-28(38)47-10-1-2-11-48-29(39)35-8-13-43-16-18-46-20-23-50-31(41)37-25-26-3-5-27(33)6-4-26/h1-6H,7-25,33H2,(H,34,38)(H,35,39)(H,36,40)(H,37,41)/b2-1+. The number of hydrogen-bond acceptors (Lipinski definition) is 15. The van der Waals surface area contributed by atoms with Gasteiger partial charge in [-0.15, -0.1) is 0 Å². The third kappa shape index (κ3) is 30.4. The van der Waals surface area contributed by atoms with Crippen molar-refractivity contribution in [2.75, 3.05) is 124 Å². The molecule has 0 aliphatic heterocycles. The molecular weight excluding hydrogens is 702 g/mol. The number of nitrogens with two attached hydrogens (primary N) is 1. The maximum Gasteiger partial charge on any atom is 0.407 e. The first kappa shape index (κ1) is 44.9. The second kappa shape index (κ2) is 33.1. The number of hydrogen-bond donors (Lipinski definition) is 5. The van der Waals surface area contributed by atoms with E-state index in [0.29, 0.717) is 51.8 Å². The Labute approximate surface area is 302 Å². The van der Waals surface area contributed by atoms with E-state index in [1.54, 1.807) is 12.1 Å². The Morgan fingerprint density at radius 2 is 0.882 bits per heavy atom. The van der Waals surface area contributed by atoms with Crippen LogP contribution >= 0.6 is 11.9 Å². The van der Waals surface area contributed by atoms with Crippen molar-refractivity contribution in [1.82, 2.24) is 21.3 Å². The number of anilines is 1. The molecule has 0 saturated carbocycles. The van der Waals surface area contributed by atoms with Crippen LogP contribution in [0.25, 0.3) is 0 Å². The zero-order valence-electron chi connectivity index (χ0n) is 28.6. The van der Waals surface area contributed by atoms with Gasteiger partial charge in [-0.25, -0.2) is 19.2 Å². The van der Waals surface area contributed by atoms with Crippen LogP contribution in [0.2, 0.25) is 0 Å². The number of alkyl carbamates (subject to hydrolysis) is 4. The third-order valence-electron chi connectivity index (χ3n) is 5.72. The first-order chi connectivity index (χ1) is 24.9. The van der Waals surface area contributed by atoms with E-state index in [0.717, 1.165) is 5.56 Å². The number of benzene rings is 1. The van der Waals surface area contributed by atoms with Gasteiger partial charge in [-0.2, -0.15) is 0 Å². The Hall–Kier alpha value is -4.11. The van der Waals surface area contributed by atoms with E-state index in [1.807, 2.05) is 12.1 Å². The molecule has 0 spiro atoms. The Morgan fingerprint density at radius 3 is 1.33 bits per heavy atom. The summed E-state index contributed by atoms with van der Waals surface area (Å²) in [6.45, 7) is 4.23. The molecule has 0 unspecified atom stereocenters. The molecule has 20 heteroatoms. The van der Waals surface area contributed by atoms with Crippen molar-refractivity contribution in [2.45, 2.75) is 6.54 Å². The Balaban J connectivity index is 1.80. The fourth-order valence-electron chi connectivity index (χ4n) is 3.30. The summed E-state index contributed by atoms with van der Waals surface area (Å²) in [5, 5.41) is 10.2. The van der Waals surface area contributed by atoms with Crippen LogP contribution in [0.1, 0.15) is 5.56 Å². The lowest BCUT2D eigenvalue weighted by Gasteiger charge is -2.09. The smallest absolute Gasteiger partial charge is 0.407 e. The van der Waals surface area contributed by atoms with Gasteiger partial charge in [0.15, 0.2) is 0 Å². The number of rotatable bonds is 30. The number of amides is 4. The molecule has 6 N–H and O–H groups in total. The van der Waals surface area contributed by atoms with Gasteiger partial charge in [-0.05, 0) is 29.8 Å². The van der Waals surface area contributed by atoms with E-state index < -0.39 is 24.4 Å². The number of halogens is 1. The van der Waals surface area contributed by atoms with Crippen LogP contribution in [-0.2, 0) is 53.5 Å². The van der Waals surface area contributed by atoms with Gasteiger partial charge in [0, 0.05) is 31.9 Å². The average Bonchev–Trinajstić information content (AvgIpc) is 3.12. The quantitative estimate of drug-likeness (QED) is 0.0324. The van der Waals surface area contributed by atoms with E-state index in [2.05, 4.69) is 25.6 Å². The van der Waals surface area contributed by atoms with E-state index in [4.69, 9.17) is 60.2 Å². The lowest BCUT2D eigenvalue weighted by Crippen LogP contribution is -2.29. The SMILES string of the molecule is Nc1ccc(CNC(=O)OCCOCCOCCNC(=O)OC/C=C/COC(=O)NCCOCCOCCOC(=O)NCCOCCOCl)cc1. The first-order valence-corrected chi connectivity index (χ1v) is 16.5. The number of ether oxygens (including phenoxy) is 9. The highest BCUT2D eigenvalue weighted by Gasteiger charge is 2.04. The fourth-order valence-corrected chi connectivity index (χ4v) is 3.36. The van der Waals surface area contributed by atoms with Crippen molar-refractivity contribution < 1.29 is 66.1 Å². The summed E-state index contributed by atoms with van der Waals surface area (Å²) in [4.78, 5) is 46.5. The summed E-state index contributed by atoms with van der Waals surface area (Å²) in [5.74, 6) is 0. The zero-order chi connectivity index (χ0) is 37.0.